The molecule has 24 heavy (non-hydrogen) atoms. The summed E-state index contributed by atoms with van der Waals surface area (Å²) in [5, 5.41) is 12.8. The number of para-hydroxylation sites is 1. The molecule has 1 aliphatic rings. The molecule has 6 nitrogen and oxygen atoms in total. The fraction of sp³-hybridized carbons (Fsp3) is 0.611. The van der Waals surface area contributed by atoms with E-state index in [0.717, 1.165) is 44.2 Å². The minimum absolute atomic E-state index is 0.294. The Labute approximate surface area is 143 Å². The molecule has 130 valence electrons. The largest absolute Gasteiger partial charge is 0.370 e. The molecule has 1 N–H and O–H groups in total. The van der Waals surface area contributed by atoms with E-state index >= 15 is 0 Å². The molecule has 1 fully saturated rings. The first-order valence-electron chi connectivity index (χ1n) is 8.85. The van der Waals surface area contributed by atoms with E-state index in [-0.39, 0.29) is 0 Å². The third-order valence-corrected chi connectivity index (χ3v) is 4.79. The van der Waals surface area contributed by atoms with Gasteiger partial charge in [-0.25, -0.2) is 0 Å². The summed E-state index contributed by atoms with van der Waals surface area (Å²) in [7, 11) is 0. The number of nitrogens with zero attached hydrogens (tertiary/aromatic N) is 4. The smallest absolute Gasteiger partial charge is 0.214 e. The van der Waals surface area contributed by atoms with E-state index in [1.165, 1.54) is 16.0 Å². The molecule has 0 bridgehead atoms. The summed E-state index contributed by atoms with van der Waals surface area (Å²) in [5.74, 6) is 1.56. The highest BCUT2D eigenvalue weighted by atomic mass is 16.5. The normalized spacial score (nSPS) is 17.4. The molecule has 3 rings (SSSR count). The van der Waals surface area contributed by atoms with E-state index in [0.29, 0.717) is 12.0 Å². The van der Waals surface area contributed by atoms with Crippen LogP contribution in [-0.4, -0.2) is 46.5 Å². The lowest BCUT2D eigenvalue weighted by Crippen LogP contribution is -3.14. The van der Waals surface area contributed by atoms with Crippen molar-refractivity contribution < 1.29 is 9.64 Å². The standard InChI is InChI=1S/C18H27N5O/c1-13(2)12-16(22-8-10-24-11-9-22)18-19-20-21-23(18)17-14(3)6-5-7-15(17)4/h5-7,13,16H,8-12H2,1-4H3/p+1/t16-/m1/s1. The Morgan fingerprint density at radius 1 is 1.17 bits per heavy atom. The Kier molecular flexibility index (Phi) is 5.26. The van der Waals surface area contributed by atoms with Gasteiger partial charge in [-0.1, -0.05) is 32.0 Å². The molecule has 1 aromatic carbocycles. The summed E-state index contributed by atoms with van der Waals surface area (Å²) in [6.45, 7) is 12.4. The van der Waals surface area contributed by atoms with Crippen molar-refractivity contribution in [3.63, 3.8) is 0 Å². The number of ether oxygens (including phenoxy) is 1. The van der Waals surface area contributed by atoms with E-state index in [9.17, 15) is 0 Å². The van der Waals surface area contributed by atoms with Crippen LogP contribution in [0.4, 0.5) is 0 Å². The molecule has 0 radical (unpaired) electrons. The maximum absolute atomic E-state index is 5.55. The minimum Gasteiger partial charge on any atom is -0.370 e. The minimum atomic E-state index is 0.294. The van der Waals surface area contributed by atoms with Gasteiger partial charge in [0.25, 0.3) is 0 Å². The summed E-state index contributed by atoms with van der Waals surface area (Å²) in [6, 6.07) is 6.61. The number of hydrogen-bond acceptors (Lipinski definition) is 4. The van der Waals surface area contributed by atoms with Crippen LogP contribution in [0.2, 0.25) is 0 Å². The summed E-state index contributed by atoms with van der Waals surface area (Å²) >= 11 is 0. The van der Waals surface area contributed by atoms with Crippen molar-refractivity contribution >= 4 is 0 Å². The van der Waals surface area contributed by atoms with Crippen molar-refractivity contribution in [2.45, 2.75) is 40.2 Å². The third kappa shape index (κ3) is 3.49. The monoisotopic (exact) mass is 330 g/mol. The van der Waals surface area contributed by atoms with Gasteiger partial charge in [-0.05, 0) is 41.3 Å². The predicted octanol–water partition coefficient (Wildman–Crippen LogP) is 1.28. The van der Waals surface area contributed by atoms with Crippen LogP contribution in [-0.2, 0) is 4.74 Å². The Balaban J connectivity index is 2.01. The van der Waals surface area contributed by atoms with Crippen LogP contribution in [0.25, 0.3) is 5.69 Å². The Morgan fingerprint density at radius 2 is 1.83 bits per heavy atom. The van der Waals surface area contributed by atoms with Gasteiger partial charge in [0, 0.05) is 6.42 Å². The topological polar surface area (TPSA) is 57.3 Å². The first kappa shape index (κ1) is 17.0. The molecule has 1 aromatic heterocycles. The highest BCUT2D eigenvalue weighted by Crippen LogP contribution is 2.23. The van der Waals surface area contributed by atoms with E-state index in [4.69, 9.17) is 4.74 Å². The van der Waals surface area contributed by atoms with Crippen LogP contribution in [0.5, 0.6) is 0 Å². The van der Waals surface area contributed by atoms with E-state index in [2.05, 4.69) is 61.4 Å². The van der Waals surface area contributed by atoms with Crippen molar-refractivity contribution in [2.75, 3.05) is 26.3 Å². The van der Waals surface area contributed by atoms with E-state index < -0.39 is 0 Å². The van der Waals surface area contributed by atoms with Gasteiger partial charge in [-0.15, -0.1) is 5.10 Å². The molecule has 0 unspecified atom stereocenters. The third-order valence-electron chi connectivity index (χ3n) is 4.79. The average Bonchev–Trinajstić information content (AvgIpc) is 3.02. The lowest BCUT2D eigenvalue weighted by Gasteiger charge is -2.31. The van der Waals surface area contributed by atoms with E-state index in [1.807, 2.05) is 4.68 Å². The summed E-state index contributed by atoms with van der Waals surface area (Å²) in [4.78, 5) is 1.53. The van der Waals surface area contributed by atoms with Gasteiger partial charge >= 0.3 is 0 Å². The Morgan fingerprint density at radius 3 is 2.46 bits per heavy atom. The zero-order valence-electron chi connectivity index (χ0n) is 15.1. The van der Waals surface area contributed by atoms with Crippen molar-refractivity contribution in [1.29, 1.82) is 0 Å². The van der Waals surface area contributed by atoms with Crippen molar-refractivity contribution in [2.24, 2.45) is 5.92 Å². The molecule has 1 aliphatic heterocycles. The number of nitrogens with one attached hydrogen (secondary N) is 1. The average molecular weight is 330 g/mol. The maximum Gasteiger partial charge on any atom is 0.214 e. The zero-order chi connectivity index (χ0) is 17.1. The molecule has 6 heteroatoms. The fourth-order valence-corrected chi connectivity index (χ4v) is 3.62. The first-order chi connectivity index (χ1) is 11.6. The first-order valence-corrected chi connectivity index (χ1v) is 8.85. The maximum atomic E-state index is 5.55. The molecule has 0 saturated carbocycles. The lowest BCUT2D eigenvalue weighted by molar-refractivity contribution is -0.940. The molecule has 2 heterocycles. The predicted molar refractivity (Wildman–Crippen MR) is 92.3 cm³/mol. The number of rotatable bonds is 5. The second kappa shape index (κ2) is 7.40. The lowest BCUT2D eigenvalue weighted by atomic mass is 10.0. The molecule has 0 aliphatic carbocycles. The van der Waals surface area contributed by atoms with Gasteiger partial charge in [0.15, 0.2) is 6.04 Å². The van der Waals surface area contributed by atoms with Gasteiger partial charge in [0.1, 0.15) is 13.1 Å². The van der Waals surface area contributed by atoms with Crippen LogP contribution >= 0.6 is 0 Å². The number of morpholine rings is 1. The van der Waals surface area contributed by atoms with E-state index in [1.54, 1.807) is 0 Å². The van der Waals surface area contributed by atoms with Gasteiger partial charge < -0.3 is 9.64 Å². The zero-order valence-corrected chi connectivity index (χ0v) is 15.1. The molecule has 2 aromatic rings. The SMILES string of the molecule is Cc1cccc(C)c1-n1nnnc1[C@@H](CC(C)C)[NH+]1CCOCC1. The number of hydrogen-bond donors (Lipinski definition) is 1. The molecular weight excluding hydrogens is 302 g/mol. The second-order valence-electron chi connectivity index (χ2n) is 7.14. The number of aryl methyl sites for hydroxylation is 2. The summed E-state index contributed by atoms with van der Waals surface area (Å²) in [5.41, 5.74) is 3.51. The molecular formula is C18H28N5O+. The molecule has 1 saturated heterocycles. The fourth-order valence-electron chi connectivity index (χ4n) is 3.62. The summed E-state index contributed by atoms with van der Waals surface area (Å²) < 4.78 is 7.50. The van der Waals surface area contributed by atoms with Gasteiger partial charge in [0.2, 0.25) is 5.82 Å². The van der Waals surface area contributed by atoms with Crippen molar-refractivity contribution in [3.8, 4) is 5.69 Å². The van der Waals surface area contributed by atoms with Gasteiger partial charge in [-0.3, -0.25) is 0 Å². The van der Waals surface area contributed by atoms with Crippen molar-refractivity contribution in [3.05, 3.63) is 35.2 Å². The summed E-state index contributed by atoms with van der Waals surface area (Å²) in [6.07, 6.45) is 1.07. The number of aromatic nitrogens is 4. The Bertz CT molecular complexity index is 656. The highest BCUT2D eigenvalue weighted by Gasteiger charge is 2.32. The van der Waals surface area contributed by atoms with Crippen molar-refractivity contribution in [1.82, 2.24) is 20.2 Å². The highest BCUT2D eigenvalue weighted by molar-refractivity contribution is 5.46. The molecule has 1 atom stereocenters. The van der Waals surface area contributed by atoms with Crippen LogP contribution in [0.1, 0.15) is 43.3 Å². The quantitative estimate of drug-likeness (QED) is 0.897. The van der Waals surface area contributed by atoms with Crippen LogP contribution < -0.4 is 4.90 Å². The van der Waals surface area contributed by atoms with Crippen LogP contribution in [0.15, 0.2) is 18.2 Å². The Hall–Kier alpha value is -1.79. The number of quaternary nitrogens is 1. The van der Waals surface area contributed by atoms with Gasteiger partial charge in [-0.2, -0.15) is 4.68 Å². The molecule has 0 amide bonds. The number of benzene rings is 1. The van der Waals surface area contributed by atoms with Gasteiger partial charge in [0.05, 0.1) is 18.9 Å². The molecule has 0 spiro atoms. The number of tetrazole rings is 1. The van der Waals surface area contributed by atoms with Crippen LogP contribution in [0, 0.1) is 19.8 Å². The second-order valence-corrected chi connectivity index (χ2v) is 7.14. The van der Waals surface area contributed by atoms with Crippen LogP contribution in [0.3, 0.4) is 0 Å².